The molecule has 3 aromatic heterocycles. The second kappa shape index (κ2) is 12.0. The summed E-state index contributed by atoms with van der Waals surface area (Å²) in [4.78, 5) is 22.6. The summed E-state index contributed by atoms with van der Waals surface area (Å²) in [6, 6.07) is 9.59. The number of halogens is 3. The molecule has 46 heavy (non-hydrogen) atoms. The van der Waals surface area contributed by atoms with Gasteiger partial charge in [0.1, 0.15) is 17.5 Å². The van der Waals surface area contributed by atoms with Crippen LogP contribution in [0.5, 0.6) is 0 Å². The van der Waals surface area contributed by atoms with Crippen molar-refractivity contribution in [3.63, 3.8) is 0 Å². The molecule has 1 amide bonds. The van der Waals surface area contributed by atoms with E-state index in [0.717, 1.165) is 42.1 Å². The number of aryl methyl sites for hydroxylation is 1. The van der Waals surface area contributed by atoms with Gasteiger partial charge in [-0.3, -0.25) is 9.89 Å². The third-order valence-electron chi connectivity index (χ3n) is 7.66. The number of ether oxygens (including phenoxy) is 1. The summed E-state index contributed by atoms with van der Waals surface area (Å²) in [7, 11) is 0. The van der Waals surface area contributed by atoms with Gasteiger partial charge < -0.3 is 20.7 Å². The molecule has 14 heteroatoms. The summed E-state index contributed by atoms with van der Waals surface area (Å²) in [6.45, 7) is 10.5. The molecule has 11 nitrogen and oxygen atoms in total. The van der Waals surface area contributed by atoms with Gasteiger partial charge in [0.15, 0.2) is 11.5 Å². The average molecular weight is 650 g/mol. The fourth-order valence-electron chi connectivity index (χ4n) is 6.00. The molecule has 4 heterocycles. The van der Waals surface area contributed by atoms with E-state index in [4.69, 9.17) is 31.4 Å². The quantitative estimate of drug-likeness (QED) is 0.137. The van der Waals surface area contributed by atoms with Crippen molar-refractivity contribution in [3.8, 4) is 0 Å². The Hall–Kier alpha value is -4.62. The Kier molecular flexibility index (Phi) is 8.15. The van der Waals surface area contributed by atoms with E-state index in [9.17, 15) is 13.6 Å². The maximum absolute atomic E-state index is 14.2. The number of carbonyl (C=O) groups excluding carboxylic acids is 1. The summed E-state index contributed by atoms with van der Waals surface area (Å²) in [5.41, 5.74) is 1.30. The zero-order valence-electron chi connectivity index (χ0n) is 26.0. The lowest BCUT2D eigenvalue weighted by Gasteiger charge is -2.45. The largest absolute Gasteiger partial charge is 0.370 e. The van der Waals surface area contributed by atoms with Crippen molar-refractivity contribution in [3.05, 3.63) is 82.1 Å². The highest BCUT2D eigenvalue weighted by atomic mass is 35.5. The molecule has 0 aliphatic carbocycles. The van der Waals surface area contributed by atoms with Crippen LogP contribution in [0.15, 0.2) is 48.7 Å². The number of hydrogen-bond acceptors (Lipinski definition) is 8. The van der Waals surface area contributed by atoms with Gasteiger partial charge in [-0.15, -0.1) is 0 Å². The molecular formula is C32H34ClF2N9O2. The molecule has 0 radical (unpaired) electrons. The fraction of sp³-hybridized carbons (Fsp3) is 0.344. The topological polar surface area (TPSA) is 135 Å². The van der Waals surface area contributed by atoms with Crippen LogP contribution in [-0.2, 0) is 11.3 Å². The Labute approximate surface area is 269 Å². The molecule has 240 valence electrons. The van der Waals surface area contributed by atoms with Crippen LogP contribution < -0.4 is 16.0 Å². The highest BCUT2D eigenvalue weighted by Crippen LogP contribution is 2.42. The third kappa shape index (κ3) is 6.80. The monoisotopic (exact) mass is 649 g/mol. The minimum absolute atomic E-state index is 0.0275. The SMILES string of the molecule is Cc1cc(Nc2nc(NCc3ccc(Cl)c(C(=O)Nc4cc(F)ccc4F)c3)nc3c2cnn3C2CC(C)(C)OC(C)(C)C2)n[nH]1. The highest BCUT2D eigenvalue weighted by molar-refractivity contribution is 6.34. The minimum atomic E-state index is -0.766. The van der Waals surface area contributed by atoms with Crippen LogP contribution in [0.25, 0.3) is 11.0 Å². The Morgan fingerprint density at radius 3 is 2.57 bits per heavy atom. The van der Waals surface area contributed by atoms with Gasteiger partial charge in [0.2, 0.25) is 5.95 Å². The van der Waals surface area contributed by atoms with Gasteiger partial charge in [0, 0.05) is 24.4 Å². The lowest BCUT2D eigenvalue weighted by molar-refractivity contribution is -0.170. The number of H-pyrrole nitrogens is 1. The zero-order chi connectivity index (χ0) is 32.8. The fourth-order valence-corrected chi connectivity index (χ4v) is 6.21. The lowest BCUT2D eigenvalue weighted by Crippen LogP contribution is -2.46. The van der Waals surface area contributed by atoms with Crippen molar-refractivity contribution in [2.24, 2.45) is 0 Å². The number of hydrogen-bond donors (Lipinski definition) is 4. The van der Waals surface area contributed by atoms with E-state index in [2.05, 4.69) is 53.8 Å². The van der Waals surface area contributed by atoms with Crippen LogP contribution in [0.3, 0.4) is 0 Å². The Balaban J connectivity index is 1.30. The minimum Gasteiger partial charge on any atom is -0.370 e. The average Bonchev–Trinajstić information content (AvgIpc) is 3.59. The predicted octanol–water partition coefficient (Wildman–Crippen LogP) is 7.31. The summed E-state index contributed by atoms with van der Waals surface area (Å²) in [5, 5.41) is 21.8. The van der Waals surface area contributed by atoms with Crippen LogP contribution in [0, 0.1) is 18.6 Å². The van der Waals surface area contributed by atoms with Gasteiger partial charge in [-0.2, -0.15) is 20.2 Å². The molecule has 1 aliphatic rings. The zero-order valence-corrected chi connectivity index (χ0v) is 26.8. The molecule has 2 aromatic carbocycles. The standard InChI is InChI=1S/C32H34ClF2N9O2/c1-17-10-26(43-42-17)39-27-22-16-37-44(20-13-31(2,3)46-32(4,5)14-20)28(22)41-30(40-27)36-15-18-6-8-23(33)21(11-18)29(45)38-25-12-19(34)7-9-24(25)35/h6-12,16,20H,13-15H2,1-5H3,(H,38,45)(H3,36,39,40,41,42,43). The number of aromatic nitrogens is 6. The molecule has 4 N–H and O–H groups in total. The molecule has 5 aromatic rings. The third-order valence-corrected chi connectivity index (χ3v) is 7.99. The van der Waals surface area contributed by atoms with E-state index in [1.165, 1.54) is 0 Å². The molecular weight excluding hydrogens is 616 g/mol. The van der Waals surface area contributed by atoms with E-state index >= 15 is 0 Å². The molecule has 1 fully saturated rings. The second-order valence-corrected chi connectivity index (χ2v) is 13.1. The van der Waals surface area contributed by atoms with Crippen LogP contribution in [0.1, 0.15) is 68.2 Å². The first-order valence-corrected chi connectivity index (χ1v) is 15.2. The van der Waals surface area contributed by atoms with Crippen molar-refractivity contribution >= 4 is 51.8 Å². The molecule has 0 atom stereocenters. The van der Waals surface area contributed by atoms with E-state index in [1.54, 1.807) is 24.4 Å². The summed E-state index contributed by atoms with van der Waals surface area (Å²) in [5.74, 6) is -0.701. The van der Waals surface area contributed by atoms with Gasteiger partial charge in [0.05, 0.1) is 45.1 Å². The molecule has 1 saturated heterocycles. The van der Waals surface area contributed by atoms with E-state index < -0.39 is 17.5 Å². The van der Waals surface area contributed by atoms with Crippen LogP contribution in [0.4, 0.5) is 32.1 Å². The van der Waals surface area contributed by atoms with Gasteiger partial charge in [-0.25, -0.2) is 13.5 Å². The van der Waals surface area contributed by atoms with E-state index in [0.29, 0.717) is 28.8 Å². The Morgan fingerprint density at radius 1 is 1.09 bits per heavy atom. The smallest absolute Gasteiger partial charge is 0.257 e. The number of fused-ring (bicyclic) bond motifs is 1. The molecule has 0 bridgehead atoms. The maximum atomic E-state index is 14.2. The predicted molar refractivity (Wildman–Crippen MR) is 173 cm³/mol. The molecule has 6 rings (SSSR count). The number of aromatic amines is 1. The van der Waals surface area contributed by atoms with Gasteiger partial charge in [0.25, 0.3) is 5.91 Å². The highest BCUT2D eigenvalue weighted by Gasteiger charge is 2.41. The number of benzene rings is 2. The molecule has 1 aliphatic heterocycles. The number of anilines is 4. The first kappa shape index (κ1) is 31.4. The Bertz CT molecular complexity index is 1920. The number of nitrogens with one attached hydrogen (secondary N) is 4. The van der Waals surface area contributed by atoms with E-state index in [1.807, 2.05) is 17.7 Å². The summed E-state index contributed by atoms with van der Waals surface area (Å²) < 4.78 is 36.1. The van der Waals surface area contributed by atoms with Gasteiger partial charge >= 0.3 is 0 Å². The van der Waals surface area contributed by atoms with Crippen LogP contribution >= 0.6 is 11.6 Å². The van der Waals surface area contributed by atoms with Crippen LogP contribution in [-0.4, -0.2) is 47.1 Å². The number of nitrogens with zero attached hydrogens (tertiary/aromatic N) is 5. The second-order valence-electron chi connectivity index (χ2n) is 12.7. The van der Waals surface area contributed by atoms with Gasteiger partial charge in [-0.1, -0.05) is 17.7 Å². The van der Waals surface area contributed by atoms with Crippen molar-refractivity contribution in [2.45, 2.75) is 71.2 Å². The number of carbonyl (C=O) groups is 1. The van der Waals surface area contributed by atoms with Crippen molar-refractivity contribution in [2.75, 3.05) is 16.0 Å². The van der Waals surface area contributed by atoms with Crippen molar-refractivity contribution < 1.29 is 18.3 Å². The van der Waals surface area contributed by atoms with E-state index in [-0.39, 0.29) is 40.1 Å². The first-order valence-electron chi connectivity index (χ1n) is 14.8. The first-order chi connectivity index (χ1) is 21.7. The Morgan fingerprint density at radius 2 is 1.85 bits per heavy atom. The molecule has 0 saturated carbocycles. The number of rotatable bonds is 8. The summed E-state index contributed by atoms with van der Waals surface area (Å²) in [6.07, 6.45) is 3.24. The van der Waals surface area contributed by atoms with Crippen molar-refractivity contribution in [1.82, 2.24) is 29.9 Å². The summed E-state index contributed by atoms with van der Waals surface area (Å²) >= 11 is 6.32. The van der Waals surface area contributed by atoms with Crippen LogP contribution in [0.2, 0.25) is 5.02 Å². The normalized spacial score (nSPS) is 16.0. The maximum Gasteiger partial charge on any atom is 0.257 e. The van der Waals surface area contributed by atoms with Gasteiger partial charge in [-0.05, 0) is 77.3 Å². The van der Waals surface area contributed by atoms with Crippen molar-refractivity contribution in [1.29, 1.82) is 0 Å². The lowest BCUT2D eigenvalue weighted by atomic mass is 9.85. The molecule has 0 spiro atoms. The molecule has 0 unspecified atom stereocenters. The number of amides is 1.